The summed E-state index contributed by atoms with van der Waals surface area (Å²) in [7, 11) is 2.16. The summed E-state index contributed by atoms with van der Waals surface area (Å²) in [5, 5.41) is 0. The summed E-state index contributed by atoms with van der Waals surface area (Å²) in [6.45, 7) is 2.25. The van der Waals surface area contributed by atoms with E-state index in [0.717, 1.165) is 30.8 Å². The minimum Gasteiger partial charge on any atom is -0.384 e. The fourth-order valence-electron chi connectivity index (χ4n) is 3.71. The van der Waals surface area contributed by atoms with Gasteiger partial charge in [0.05, 0.1) is 12.4 Å². The van der Waals surface area contributed by atoms with E-state index in [1.54, 1.807) is 0 Å². The third-order valence-corrected chi connectivity index (χ3v) is 6.76. The first-order chi connectivity index (χ1) is 13.9. The second-order valence-electron chi connectivity index (χ2n) is 7.65. The summed E-state index contributed by atoms with van der Waals surface area (Å²) < 4.78 is 32.4. The smallest absolute Gasteiger partial charge is 0.213 e. The Hall–Kier alpha value is -1.93. The van der Waals surface area contributed by atoms with Crippen LogP contribution < -0.4 is 9.62 Å². The van der Waals surface area contributed by atoms with Crippen LogP contribution in [0.4, 0.5) is 5.69 Å². The quantitative estimate of drug-likeness (QED) is 0.679. The van der Waals surface area contributed by atoms with Crippen LogP contribution in [0, 0.1) is 0 Å². The van der Waals surface area contributed by atoms with Crippen LogP contribution >= 0.6 is 0 Å². The molecule has 3 rings (SSSR count). The summed E-state index contributed by atoms with van der Waals surface area (Å²) in [5.41, 5.74) is 4.93. The van der Waals surface area contributed by atoms with Crippen LogP contribution in [0.3, 0.4) is 0 Å². The molecule has 7 heteroatoms. The average Bonchev–Trinajstić information content (AvgIpc) is 2.72. The van der Waals surface area contributed by atoms with Gasteiger partial charge in [-0.3, -0.25) is 4.90 Å². The van der Waals surface area contributed by atoms with Gasteiger partial charge in [0.15, 0.2) is 0 Å². The predicted molar refractivity (Wildman–Crippen MR) is 118 cm³/mol. The highest BCUT2D eigenvalue weighted by molar-refractivity contribution is 7.89. The second kappa shape index (κ2) is 9.71. The van der Waals surface area contributed by atoms with Crippen molar-refractivity contribution in [3.8, 4) is 0 Å². The van der Waals surface area contributed by atoms with Crippen LogP contribution in [-0.4, -0.2) is 60.0 Å². The highest BCUT2D eigenvalue weighted by Crippen LogP contribution is 2.28. The van der Waals surface area contributed by atoms with Crippen molar-refractivity contribution in [3.05, 3.63) is 65.2 Å². The molecule has 0 saturated heterocycles. The summed E-state index contributed by atoms with van der Waals surface area (Å²) >= 11 is 0. The number of methoxy groups -OCH3 is 1. The van der Waals surface area contributed by atoms with Crippen molar-refractivity contribution in [1.82, 2.24) is 9.62 Å². The van der Waals surface area contributed by atoms with Crippen molar-refractivity contribution in [1.29, 1.82) is 0 Å². The Morgan fingerprint density at radius 3 is 2.45 bits per heavy atom. The number of ether oxygens (including phenoxy) is 1. The summed E-state index contributed by atoms with van der Waals surface area (Å²) in [6, 6.07) is 16.8. The minimum absolute atomic E-state index is 0.0291. The minimum atomic E-state index is -3.38. The van der Waals surface area contributed by atoms with E-state index in [1.165, 1.54) is 18.2 Å². The van der Waals surface area contributed by atoms with E-state index in [1.807, 2.05) is 14.1 Å². The molecule has 6 nitrogen and oxygen atoms in total. The molecule has 1 atom stereocenters. The standard InChI is InChI=1S/C22H31N3O3S/c1-24(2)21-10-8-19(9-11-21)22(16-23-29(26,27)15-14-28-3)25-13-12-18-6-4-5-7-20(18)17-25/h4-11,22-23H,12-17H2,1-3H3/t22-/m0/s1. The highest BCUT2D eigenvalue weighted by Gasteiger charge is 2.26. The SMILES string of the molecule is COCCS(=O)(=O)NC[C@@H](c1ccc(N(C)C)cc1)N1CCc2ccccc2C1. The third kappa shape index (κ3) is 5.79. The molecule has 0 amide bonds. The maximum absolute atomic E-state index is 12.3. The van der Waals surface area contributed by atoms with Gasteiger partial charge in [-0.1, -0.05) is 36.4 Å². The predicted octanol–water partition coefficient (Wildman–Crippen LogP) is 2.42. The fourth-order valence-corrected chi connectivity index (χ4v) is 4.65. The van der Waals surface area contributed by atoms with Gasteiger partial charge in [0.25, 0.3) is 0 Å². The summed E-state index contributed by atoms with van der Waals surface area (Å²) in [5.74, 6) is -0.0291. The zero-order valence-corrected chi connectivity index (χ0v) is 18.3. The van der Waals surface area contributed by atoms with Crippen LogP contribution in [-0.2, 0) is 27.7 Å². The molecule has 0 fully saturated rings. The van der Waals surface area contributed by atoms with Gasteiger partial charge >= 0.3 is 0 Å². The number of hydrogen-bond donors (Lipinski definition) is 1. The van der Waals surface area contributed by atoms with Gasteiger partial charge in [-0.05, 0) is 35.2 Å². The number of benzene rings is 2. The Morgan fingerprint density at radius 1 is 1.10 bits per heavy atom. The summed E-state index contributed by atoms with van der Waals surface area (Å²) in [4.78, 5) is 4.43. The first kappa shape index (κ1) is 21.8. The normalized spacial score (nSPS) is 15.7. The van der Waals surface area contributed by atoms with Crippen molar-refractivity contribution in [3.63, 3.8) is 0 Å². The van der Waals surface area contributed by atoms with E-state index in [4.69, 9.17) is 4.74 Å². The van der Waals surface area contributed by atoms with E-state index in [-0.39, 0.29) is 18.4 Å². The van der Waals surface area contributed by atoms with E-state index in [0.29, 0.717) is 6.54 Å². The van der Waals surface area contributed by atoms with Gasteiger partial charge in [-0.25, -0.2) is 13.1 Å². The maximum Gasteiger partial charge on any atom is 0.213 e. The molecule has 1 aliphatic rings. The van der Waals surface area contributed by atoms with Gasteiger partial charge in [-0.2, -0.15) is 0 Å². The van der Waals surface area contributed by atoms with Crippen LogP contribution in [0.5, 0.6) is 0 Å². The van der Waals surface area contributed by atoms with Crippen molar-refractivity contribution in [2.24, 2.45) is 0 Å². The van der Waals surface area contributed by atoms with Crippen LogP contribution in [0.15, 0.2) is 48.5 Å². The molecule has 0 saturated carbocycles. The topological polar surface area (TPSA) is 61.9 Å². The van der Waals surface area contributed by atoms with Gasteiger partial charge < -0.3 is 9.64 Å². The van der Waals surface area contributed by atoms with Gasteiger partial charge in [0, 0.05) is 52.6 Å². The molecule has 1 heterocycles. The van der Waals surface area contributed by atoms with Crippen molar-refractivity contribution in [2.75, 3.05) is 51.6 Å². The lowest BCUT2D eigenvalue weighted by molar-refractivity contribution is 0.180. The van der Waals surface area contributed by atoms with Gasteiger partial charge in [0.1, 0.15) is 0 Å². The molecule has 0 spiro atoms. The fraction of sp³-hybridized carbons (Fsp3) is 0.455. The number of sulfonamides is 1. The molecule has 158 valence electrons. The molecule has 2 aromatic rings. The number of fused-ring (bicyclic) bond motifs is 1. The molecule has 0 bridgehead atoms. The Labute approximate surface area is 174 Å². The molecule has 0 aromatic heterocycles. The van der Waals surface area contributed by atoms with Crippen LogP contribution in [0.1, 0.15) is 22.7 Å². The van der Waals surface area contributed by atoms with Crippen molar-refractivity contribution < 1.29 is 13.2 Å². The Morgan fingerprint density at radius 2 is 1.79 bits per heavy atom. The summed E-state index contributed by atoms with van der Waals surface area (Å²) in [6.07, 6.45) is 0.971. The largest absolute Gasteiger partial charge is 0.384 e. The maximum atomic E-state index is 12.3. The molecule has 0 radical (unpaired) electrons. The molecular weight excluding hydrogens is 386 g/mol. The lowest BCUT2D eigenvalue weighted by Gasteiger charge is -2.36. The molecule has 2 aromatic carbocycles. The number of rotatable bonds is 9. The number of anilines is 1. The van der Waals surface area contributed by atoms with Gasteiger partial charge in [-0.15, -0.1) is 0 Å². The van der Waals surface area contributed by atoms with Crippen LogP contribution in [0.2, 0.25) is 0 Å². The number of hydrogen-bond acceptors (Lipinski definition) is 5. The van der Waals surface area contributed by atoms with Crippen molar-refractivity contribution >= 4 is 15.7 Å². The van der Waals surface area contributed by atoms with Crippen molar-refractivity contribution in [2.45, 2.75) is 19.0 Å². The molecule has 0 unspecified atom stereocenters. The zero-order valence-electron chi connectivity index (χ0n) is 17.5. The average molecular weight is 418 g/mol. The Bertz CT molecular complexity index is 898. The number of nitrogens with one attached hydrogen (secondary N) is 1. The van der Waals surface area contributed by atoms with Gasteiger partial charge in [0.2, 0.25) is 10.0 Å². The first-order valence-electron chi connectivity index (χ1n) is 9.94. The Kier molecular flexibility index (Phi) is 7.29. The second-order valence-corrected chi connectivity index (χ2v) is 9.58. The third-order valence-electron chi connectivity index (χ3n) is 5.45. The molecule has 1 N–H and O–H groups in total. The van der Waals surface area contributed by atoms with Crippen LogP contribution in [0.25, 0.3) is 0 Å². The van der Waals surface area contributed by atoms with E-state index in [9.17, 15) is 8.42 Å². The Balaban J connectivity index is 1.81. The van der Waals surface area contributed by atoms with E-state index >= 15 is 0 Å². The van der Waals surface area contributed by atoms with E-state index in [2.05, 4.69) is 63.1 Å². The number of nitrogens with zero attached hydrogens (tertiary/aromatic N) is 2. The molecular formula is C22H31N3O3S. The lowest BCUT2D eigenvalue weighted by Crippen LogP contribution is -2.41. The molecule has 29 heavy (non-hydrogen) atoms. The highest BCUT2D eigenvalue weighted by atomic mass is 32.2. The monoisotopic (exact) mass is 417 g/mol. The zero-order chi connectivity index (χ0) is 20.9. The molecule has 0 aliphatic carbocycles. The first-order valence-corrected chi connectivity index (χ1v) is 11.6. The molecule has 1 aliphatic heterocycles. The van der Waals surface area contributed by atoms with E-state index < -0.39 is 10.0 Å². The lowest BCUT2D eigenvalue weighted by atomic mass is 9.96.